The maximum Gasteiger partial charge on any atom is 0.116 e. The Balaban J connectivity index is 1.15. The highest BCUT2D eigenvalue weighted by molar-refractivity contribution is 6.16. The van der Waals surface area contributed by atoms with E-state index in [2.05, 4.69) is 112 Å². The number of aryl methyl sites for hydroxylation is 5. The summed E-state index contributed by atoms with van der Waals surface area (Å²) >= 11 is 0. The zero-order chi connectivity index (χ0) is 38.8. The van der Waals surface area contributed by atoms with Crippen molar-refractivity contribution in [3.8, 4) is 50.6 Å². The first-order valence-electron chi connectivity index (χ1n) is 20.4. The van der Waals surface area contributed by atoms with Crippen molar-refractivity contribution in [3.05, 3.63) is 156 Å². The normalized spacial score (nSPS) is 15.8. The van der Waals surface area contributed by atoms with E-state index in [0.29, 0.717) is 0 Å². The Hall–Kier alpha value is -6.92. The molecule has 3 aromatic heterocycles. The van der Waals surface area contributed by atoms with E-state index in [4.69, 9.17) is 0 Å². The fourth-order valence-electron chi connectivity index (χ4n) is 10.6. The van der Waals surface area contributed by atoms with Crippen molar-refractivity contribution in [2.75, 3.05) is 0 Å². The van der Waals surface area contributed by atoms with Gasteiger partial charge in [-0.3, -0.25) is 9.98 Å². The van der Waals surface area contributed by atoms with Gasteiger partial charge in [0.25, 0.3) is 0 Å². The van der Waals surface area contributed by atoms with Crippen molar-refractivity contribution >= 4 is 49.3 Å². The van der Waals surface area contributed by atoms with E-state index < -0.39 is 0 Å². The van der Waals surface area contributed by atoms with Crippen LogP contribution in [0.3, 0.4) is 0 Å². The van der Waals surface area contributed by atoms with Crippen LogP contribution in [0.5, 0.6) is 11.5 Å². The number of nitrogens with zero attached hydrogens (tertiary/aromatic N) is 4. The number of aromatic nitrogens is 3. The molecule has 0 radical (unpaired) electrons. The molecule has 0 amide bonds. The molecule has 58 heavy (non-hydrogen) atoms. The van der Waals surface area contributed by atoms with Gasteiger partial charge in [0.1, 0.15) is 11.5 Å². The lowest BCUT2D eigenvalue weighted by Crippen LogP contribution is -2.18. The second-order valence-corrected chi connectivity index (χ2v) is 16.5. The summed E-state index contributed by atoms with van der Waals surface area (Å²) in [4.78, 5) is 9.24. The van der Waals surface area contributed by atoms with Crippen LogP contribution >= 0.6 is 0 Å². The quantitative estimate of drug-likeness (QED) is 0.188. The van der Waals surface area contributed by atoms with Crippen LogP contribution < -0.4 is 0 Å². The van der Waals surface area contributed by atoms with E-state index in [1.165, 1.54) is 77.0 Å². The molecule has 6 aromatic carbocycles. The third kappa shape index (κ3) is 4.84. The van der Waals surface area contributed by atoms with Gasteiger partial charge in [-0.15, -0.1) is 0 Å². The molecule has 0 saturated heterocycles. The highest BCUT2D eigenvalue weighted by atomic mass is 16.3. The van der Waals surface area contributed by atoms with E-state index in [0.717, 1.165) is 71.5 Å². The number of benzene rings is 6. The lowest BCUT2D eigenvalue weighted by molar-refractivity contribution is 0.475. The number of phenols is 2. The van der Waals surface area contributed by atoms with Gasteiger partial charge in [-0.1, -0.05) is 36.4 Å². The minimum absolute atomic E-state index is 0.156. The van der Waals surface area contributed by atoms with Crippen LogP contribution in [0.15, 0.2) is 133 Å². The SMILES string of the molecule is CC1=NC=CC(n2c3ccc(-c4cccc(O)c4)cc3c3cc4c5c(c32)CCc2cc3c6cc(-c7cccc(O)c7)ccc6n(-c6ccnc(C)c6)c3c(c2-5)CC4)C1. The molecule has 9 aromatic rings. The zero-order valence-corrected chi connectivity index (χ0v) is 32.4. The molecule has 1 unspecified atom stereocenters. The highest BCUT2D eigenvalue weighted by Gasteiger charge is 2.33. The number of phenolic OH excluding ortho intramolecular Hbond substituents is 2. The molecule has 2 aliphatic carbocycles. The van der Waals surface area contributed by atoms with Crippen molar-refractivity contribution < 1.29 is 10.2 Å². The molecule has 6 nitrogen and oxygen atoms in total. The highest BCUT2D eigenvalue weighted by Crippen LogP contribution is 2.52. The molecule has 2 N–H and O–H groups in total. The second-order valence-electron chi connectivity index (χ2n) is 16.5. The minimum atomic E-state index is 0.156. The third-order valence-corrected chi connectivity index (χ3v) is 13.0. The first-order valence-corrected chi connectivity index (χ1v) is 20.4. The van der Waals surface area contributed by atoms with Crippen molar-refractivity contribution in [1.82, 2.24) is 14.1 Å². The maximum absolute atomic E-state index is 10.4. The average molecular weight is 753 g/mol. The Labute approximate surface area is 335 Å². The predicted octanol–water partition coefficient (Wildman–Crippen LogP) is 12.1. The van der Waals surface area contributed by atoms with E-state index in [9.17, 15) is 10.2 Å². The van der Waals surface area contributed by atoms with Crippen LogP contribution in [0.4, 0.5) is 0 Å². The standard InChI is InChI=1S/C52H40N4O2/c1-29-21-37(17-19-53-29)55-47-15-11-33(31-5-3-7-39(57)23-31)25-43(47)45-27-35-10-14-42-50-36(9-13-41(49(35)50)51(45)55)28-46-44-26-34(32-6-4-8-40(58)24-32)12-16-48(44)56(52(42)46)38-18-20-54-30(2)22-38/h3-8,11-12,15-21,23-28,38,57-58H,9-10,13-14,22H2,1-2H3. The summed E-state index contributed by atoms with van der Waals surface area (Å²) in [6, 6.07) is 38.3. The van der Waals surface area contributed by atoms with Crippen LogP contribution in [0, 0.1) is 6.92 Å². The maximum atomic E-state index is 10.4. The molecule has 0 spiro atoms. The summed E-state index contributed by atoms with van der Waals surface area (Å²) in [7, 11) is 0. The van der Waals surface area contributed by atoms with Gasteiger partial charge in [-0.05, 0) is 174 Å². The molecular formula is C52H40N4O2. The number of hydrogen-bond donors (Lipinski definition) is 2. The topological polar surface area (TPSA) is 75.6 Å². The van der Waals surface area contributed by atoms with Crippen molar-refractivity contribution in [2.24, 2.45) is 4.99 Å². The molecule has 1 atom stereocenters. The second kappa shape index (κ2) is 12.3. The monoisotopic (exact) mass is 752 g/mol. The Bertz CT molecular complexity index is 3320. The van der Waals surface area contributed by atoms with Crippen LogP contribution in [-0.2, 0) is 25.7 Å². The predicted molar refractivity (Wildman–Crippen MR) is 237 cm³/mol. The number of hydrogen-bond acceptors (Lipinski definition) is 4. The minimum Gasteiger partial charge on any atom is -0.508 e. The molecule has 280 valence electrons. The number of pyridine rings is 1. The van der Waals surface area contributed by atoms with Crippen LogP contribution in [0.1, 0.15) is 47.3 Å². The fraction of sp³-hybridized carbons (Fsp3) is 0.154. The summed E-state index contributed by atoms with van der Waals surface area (Å²) in [6.45, 7) is 4.21. The molecular weight excluding hydrogens is 713 g/mol. The first-order chi connectivity index (χ1) is 28.4. The first kappa shape index (κ1) is 33.2. The van der Waals surface area contributed by atoms with E-state index >= 15 is 0 Å². The lowest BCUT2D eigenvalue weighted by atomic mass is 9.74. The third-order valence-electron chi connectivity index (χ3n) is 13.0. The van der Waals surface area contributed by atoms with Crippen LogP contribution in [0.25, 0.3) is 82.7 Å². The van der Waals surface area contributed by atoms with Gasteiger partial charge in [0.15, 0.2) is 0 Å². The Morgan fingerprint density at radius 1 is 0.586 bits per heavy atom. The van der Waals surface area contributed by atoms with Gasteiger partial charge in [-0.25, -0.2) is 0 Å². The molecule has 0 fully saturated rings. The fourth-order valence-corrected chi connectivity index (χ4v) is 10.6. The number of rotatable bonds is 4. The summed E-state index contributed by atoms with van der Waals surface area (Å²) in [5.41, 5.74) is 21.1. The van der Waals surface area contributed by atoms with Crippen molar-refractivity contribution in [1.29, 1.82) is 0 Å². The lowest BCUT2D eigenvalue weighted by Gasteiger charge is -2.32. The summed E-state index contributed by atoms with van der Waals surface area (Å²) in [5.74, 6) is 0.548. The van der Waals surface area contributed by atoms with Gasteiger partial charge >= 0.3 is 0 Å². The molecule has 1 aliphatic heterocycles. The number of allylic oxidation sites excluding steroid dienone is 1. The van der Waals surface area contributed by atoms with Gasteiger partial charge in [0, 0.05) is 63.0 Å². The van der Waals surface area contributed by atoms with Gasteiger partial charge in [0.05, 0.1) is 22.6 Å². The molecule has 0 bridgehead atoms. The largest absolute Gasteiger partial charge is 0.508 e. The molecule has 6 heteroatoms. The Kier molecular flexibility index (Phi) is 7.04. The number of aromatic hydroxyl groups is 2. The number of aliphatic imine (C=N–C) groups is 1. The number of fused-ring (bicyclic) bond motifs is 8. The molecule has 12 rings (SSSR count). The van der Waals surface area contributed by atoms with E-state index in [1.807, 2.05) is 36.7 Å². The summed E-state index contributed by atoms with van der Waals surface area (Å²) in [5, 5.41) is 25.8. The average Bonchev–Trinajstić information content (AvgIpc) is 3.74. The van der Waals surface area contributed by atoms with Crippen molar-refractivity contribution in [3.63, 3.8) is 0 Å². The summed E-state index contributed by atoms with van der Waals surface area (Å²) < 4.78 is 5.09. The molecule has 3 aliphatic rings. The smallest absolute Gasteiger partial charge is 0.116 e. The zero-order valence-electron chi connectivity index (χ0n) is 32.4. The Morgan fingerprint density at radius 2 is 1.19 bits per heavy atom. The molecule has 0 saturated carbocycles. The van der Waals surface area contributed by atoms with Crippen LogP contribution in [0.2, 0.25) is 0 Å². The van der Waals surface area contributed by atoms with Gasteiger partial charge < -0.3 is 19.3 Å². The summed E-state index contributed by atoms with van der Waals surface area (Å²) in [6.07, 6.45) is 10.9. The molecule has 4 heterocycles. The Morgan fingerprint density at radius 3 is 1.83 bits per heavy atom. The van der Waals surface area contributed by atoms with E-state index in [1.54, 1.807) is 12.1 Å². The van der Waals surface area contributed by atoms with Gasteiger partial charge in [0.2, 0.25) is 0 Å². The van der Waals surface area contributed by atoms with E-state index in [-0.39, 0.29) is 17.5 Å². The van der Waals surface area contributed by atoms with Crippen molar-refractivity contribution in [2.45, 2.75) is 52.0 Å². The van der Waals surface area contributed by atoms with Crippen LogP contribution in [-0.4, -0.2) is 30.0 Å². The van der Waals surface area contributed by atoms with Gasteiger partial charge in [-0.2, -0.15) is 0 Å².